The number of hydrogen-bond donors (Lipinski definition) is 0. The van der Waals surface area contributed by atoms with Crippen molar-refractivity contribution in [3.8, 4) is 28.4 Å². The van der Waals surface area contributed by atoms with Gasteiger partial charge in [0.1, 0.15) is 11.5 Å². The second-order valence-corrected chi connectivity index (χ2v) is 14.0. The number of methoxy groups -OCH3 is 2. The number of ether oxygens (including phenoxy) is 2. The highest BCUT2D eigenvalue weighted by atomic mass is 127. The predicted molar refractivity (Wildman–Crippen MR) is 171 cm³/mol. The summed E-state index contributed by atoms with van der Waals surface area (Å²) in [7, 11) is -0.523. The highest BCUT2D eigenvalue weighted by Crippen LogP contribution is 2.51. The van der Waals surface area contributed by atoms with Crippen molar-refractivity contribution < 1.29 is 22.1 Å². The van der Waals surface area contributed by atoms with Gasteiger partial charge in [-0.3, -0.25) is 0 Å². The Morgan fingerprint density at radius 3 is 1.65 bits per heavy atom. The third-order valence-corrected chi connectivity index (χ3v) is 8.83. The fourth-order valence-electron chi connectivity index (χ4n) is 4.12. The Balaban J connectivity index is 2.33. The Bertz CT molecular complexity index is 1580. The normalized spacial score (nSPS) is 11.8. The van der Waals surface area contributed by atoms with E-state index in [0.717, 1.165) is 53.4 Å². The van der Waals surface area contributed by atoms with E-state index in [9.17, 15) is 8.42 Å². The number of benzene rings is 4. The van der Waals surface area contributed by atoms with Crippen molar-refractivity contribution in [1.29, 1.82) is 0 Å². The van der Waals surface area contributed by atoms with Gasteiger partial charge >= 0.3 is 10.1 Å². The summed E-state index contributed by atoms with van der Waals surface area (Å²) < 4.78 is 45.7. The van der Waals surface area contributed by atoms with Crippen molar-refractivity contribution in [1.82, 2.24) is 0 Å². The molecule has 0 N–H and O–H groups in total. The van der Waals surface area contributed by atoms with Crippen LogP contribution >= 0.6 is 90.4 Å². The van der Waals surface area contributed by atoms with Gasteiger partial charge in [-0.1, -0.05) is 0 Å². The fraction of sp³-hybridized carbons (Fsp3) is 0.167. The second kappa shape index (κ2) is 10.2. The van der Waals surface area contributed by atoms with Crippen LogP contribution in [0.3, 0.4) is 0 Å². The van der Waals surface area contributed by atoms with E-state index in [1.54, 1.807) is 20.3 Å². The molecular formula is C24H18I4O5S. The van der Waals surface area contributed by atoms with Crippen LogP contribution in [-0.4, -0.2) is 28.9 Å². The lowest BCUT2D eigenvalue weighted by atomic mass is 9.90. The first-order valence-corrected chi connectivity index (χ1v) is 15.9. The topological polar surface area (TPSA) is 61.8 Å². The second-order valence-electron chi connectivity index (χ2n) is 7.63. The Kier molecular flexibility index (Phi) is 8.02. The monoisotopic (exact) mass is 926 g/mol. The van der Waals surface area contributed by atoms with Crippen molar-refractivity contribution in [2.75, 3.05) is 20.5 Å². The van der Waals surface area contributed by atoms with Crippen LogP contribution in [0.15, 0.2) is 36.4 Å². The highest BCUT2D eigenvalue weighted by molar-refractivity contribution is 14.1. The smallest absolute Gasteiger partial charge is 0.306 e. The van der Waals surface area contributed by atoms with Gasteiger partial charge in [0.15, 0.2) is 5.75 Å². The molecule has 0 unspecified atom stereocenters. The van der Waals surface area contributed by atoms with Gasteiger partial charge in [0.2, 0.25) is 0 Å². The number of rotatable bonds is 5. The molecule has 0 bridgehead atoms. The van der Waals surface area contributed by atoms with Crippen LogP contribution in [-0.2, 0) is 10.1 Å². The van der Waals surface area contributed by atoms with Gasteiger partial charge in [-0.15, -0.1) is 0 Å². The first-order chi connectivity index (χ1) is 15.9. The molecule has 34 heavy (non-hydrogen) atoms. The first kappa shape index (κ1) is 26.7. The minimum atomic E-state index is -3.78. The summed E-state index contributed by atoms with van der Waals surface area (Å²) in [5.41, 5.74) is 2.65. The lowest BCUT2D eigenvalue weighted by Gasteiger charge is -2.22. The number of hydrogen-bond acceptors (Lipinski definition) is 5. The number of fused-ring (bicyclic) bond motifs is 2. The van der Waals surface area contributed by atoms with Gasteiger partial charge in [-0.05, 0) is 150 Å². The summed E-state index contributed by atoms with van der Waals surface area (Å²) in [5, 5.41) is 3.65. The first-order valence-electron chi connectivity index (χ1n) is 9.81. The molecule has 178 valence electrons. The van der Waals surface area contributed by atoms with Gasteiger partial charge in [0.25, 0.3) is 0 Å². The molecule has 0 aliphatic rings. The molecule has 0 saturated heterocycles. The Hall–Kier alpha value is -0.330. The molecule has 0 fully saturated rings. The molecule has 4 aromatic rings. The van der Waals surface area contributed by atoms with E-state index in [4.69, 9.17) is 13.7 Å². The van der Waals surface area contributed by atoms with Crippen molar-refractivity contribution in [3.05, 3.63) is 56.2 Å². The van der Waals surface area contributed by atoms with Gasteiger partial charge in [0, 0.05) is 36.2 Å². The van der Waals surface area contributed by atoms with E-state index in [1.165, 1.54) is 0 Å². The molecule has 4 aromatic carbocycles. The maximum Gasteiger partial charge on any atom is 0.306 e. The molecular weight excluding hydrogens is 908 g/mol. The number of aryl methyl sites for hydroxylation is 1. The van der Waals surface area contributed by atoms with Crippen LogP contribution in [0.2, 0.25) is 0 Å². The molecule has 0 aliphatic heterocycles. The summed E-state index contributed by atoms with van der Waals surface area (Å²) in [6.45, 7) is 2.07. The Morgan fingerprint density at radius 2 is 1.15 bits per heavy atom. The van der Waals surface area contributed by atoms with Gasteiger partial charge < -0.3 is 13.7 Å². The average Bonchev–Trinajstić information content (AvgIpc) is 2.73. The minimum absolute atomic E-state index is 0.258. The van der Waals surface area contributed by atoms with E-state index in [2.05, 4.69) is 109 Å². The minimum Gasteiger partial charge on any atom is -0.496 e. The maximum absolute atomic E-state index is 12.2. The number of halogens is 4. The van der Waals surface area contributed by atoms with Crippen LogP contribution in [0.5, 0.6) is 17.2 Å². The van der Waals surface area contributed by atoms with Crippen molar-refractivity contribution in [2.45, 2.75) is 6.92 Å². The van der Waals surface area contributed by atoms with E-state index in [1.807, 2.05) is 18.2 Å². The molecule has 0 spiro atoms. The van der Waals surface area contributed by atoms with Gasteiger partial charge in [-0.25, -0.2) is 0 Å². The SMILES string of the molecule is COc1cc(I)c2cc(I)cc(C)c2c1-c1c(OC)cc(I)c2cc(I)cc(OS(C)(=O)=O)c12. The summed E-state index contributed by atoms with van der Waals surface area (Å²) in [4.78, 5) is 0. The Morgan fingerprint density at radius 1 is 0.676 bits per heavy atom. The highest BCUT2D eigenvalue weighted by Gasteiger charge is 2.26. The zero-order valence-electron chi connectivity index (χ0n) is 18.4. The summed E-state index contributed by atoms with van der Waals surface area (Å²) in [6.07, 6.45) is 1.05. The molecule has 4 rings (SSSR count). The molecule has 10 heteroatoms. The maximum atomic E-state index is 12.2. The summed E-state index contributed by atoms with van der Waals surface area (Å²) in [5.74, 6) is 1.54. The fourth-order valence-corrected chi connectivity index (χ4v) is 7.36. The van der Waals surface area contributed by atoms with Crippen molar-refractivity contribution >= 4 is 122 Å². The molecule has 5 nitrogen and oxygen atoms in total. The molecule has 0 saturated carbocycles. The van der Waals surface area contributed by atoms with Crippen LogP contribution in [0.1, 0.15) is 5.56 Å². The van der Waals surface area contributed by atoms with Crippen molar-refractivity contribution in [3.63, 3.8) is 0 Å². The zero-order chi connectivity index (χ0) is 24.9. The predicted octanol–water partition coefficient (Wildman–Crippen LogP) is 7.74. The van der Waals surface area contributed by atoms with Crippen LogP contribution in [0, 0.1) is 21.2 Å². The molecule has 0 aromatic heterocycles. The largest absolute Gasteiger partial charge is 0.496 e. The zero-order valence-corrected chi connectivity index (χ0v) is 27.9. The van der Waals surface area contributed by atoms with E-state index >= 15 is 0 Å². The third-order valence-electron chi connectivity index (χ3n) is 5.32. The molecule has 0 amide bonds. The van der Waals surface area contributed by atoms with Crippen LogP contribution < -0.4 is 13.7 Å². The van der Waals surface area contributed by atoms with E-state index in [-0.39, 0.29) is 5.75 Å². The molecule has 0 atom stereocenters. The van der Waals surface area contributed by atoms with Crippen LogP contribution in [0.25, 0.3) is 32.7 Å². The standard InChI is InChI=1S/C24H18I4O5S/c1-11-5-12(25)6-14-16(27)9-18(31-2)23(21(11)14)24-19(32-3)10-17(28)15-7-13(26)8-20(22(15)24)33-34(4,29)30/h5-10H,1-4H3. The molecule has 0 radical (unpaired) electrons. The van der Waals surface area contributed by atoms with Crippen molar-refractivity contribution in [2.24, 2.45) is 0 Å². The lowest BCUT2D eigenvalue weighted by molar-refractivity contribution is 0.410. The third kappa shape index (κ3) is 5.07. The van der Waals surface area contributed by atoms with E-state index < -0.39 is 10.1 Å². The quantitative estimate of drug-likeness (QED) is 0.152. The molecule has 0 heterocycles. The van der Waals surface area contributed by atoms with E-state index in [0.29, 0.717) is 16.9 Å². The Labute approximate surface area is 253 Å². The lowest BCUT2D eigenvalue weighted by Crippen LogP contribution is -2.07. The van der Waals surface area contributed by atoms with Gasteiger partial charge in [0.05, 0.1) is 20.5 Å². The summed E-state index contributed by atoms with van der Waals surface area (Å²) >= 11 is 9.06. The average molecular weight is 926 g/mol. The van der Waals surface area contributed by atoms with Crippen LogP contribution in [0.4, 0.5) is 0 Å². The van der Waals surface area contributed by atoms with Gasteiger partial charge in [-0.2, -0.15) is 8.42 Å². The molecule has 0 aliphatic carbocycles. The summed E-state index contributed by atoms with van der Waals surface area (Å²) in [6, 6.07) is 12.0.